The highest BCUT2D eigenvalue weighted by atomic mass is 16.2. The van der Waals surface area contributed by atoms with Crippen molar-refractivity contribution in [3.63, 3.8) is 0 Å². The van der Waals surface area contributed by atoms with Crippen LogP contribution in [0.15, 0.2) is 119 Å². The number of aliphatic imine (C=N–C) groups is 2. The van der Waals surface area contributed by atoms with Gasteiger partial charge in [-0.1, -0.05) is 97.1 Å². The summed E-state index contributed by atoms with van der Waals surface area (Å²) in [5, 5.41) is 0. The first-order chi connectivity index (χ1) is 19.4. The smallest absolute Gasteiger partial charge is 0.266 e. The number of benzene rings is 4. The standard InChI is InChI=1S/2C16H15N3O/c2*1-19-13-10-6-5-9-12(13)14(18-15(17)16(19)20)11-7-3-2-4-8-11/h2*2-10,15H,17H2,1H3/t2*15-/m10/s1. The van der Waals surface area contributed by atoms with E-state index < -0.39 is 12.3 Å². The van der Waals surface area contributed by atoms with E-state index in [2.05, 4.69) is 9.98 Å². The van der Waals surface area contributed by atoms with Gasteiger partial charge in [0.1, 0.15) is 0 Å². The van der Waals surface area contributed by atoms with Gasteiger partial charge in [0.05, 0.1) is 22.8 Å². The van der Waals surface area contributed by atoms with Crippen molar-refractivity contribution in [3.8, 4) is 0 Å². The quantitative estimate of drug-likeness (QED) is 0.412. The first kappa shape index (κ1) is 26.7. The number of fused-ring (bicyclic) bond motifs is 2. The Morgan fingerprint density at radius 2 is 0.850 bits per heavy atom. The molecule has 0 saturated carbocycles. The Labute approximate surface area is 233 Å². The lowest BCUT2D eigenvalue weighted by atomic mass is 10.0. The molecule has 2 amide bonds. The number of likely N-dealkylation sites (N-methyl/N-ethyl adjacent to an activating group) is 2. The first-order valence-corrected chi connectivity index (χ1v) is 12.9. The Bertz CT molecular complexity index is 1480. The first-order valence-electron chi connectivity index (χ1n) is 12.9. The van der Waals surface area contributed by atoms with E-state index in [1.165, 1.54) is 0 Å². The van der Waals surface area contributed by atoms with Crippen LogP contribution in [0.25, 0.3) is 0 Å². The topological polar surface area (TPSA) is 117 Å². The second-order valence-corrected chi connectivity index (χ2v) is 9.41. The third kappa shape index (κ3) is 5.18. The summed E-state index contributed by atoms with van der Waals surface area (Å²) >= 11 is 0. The van der Waals surface area contributed by atoms with Gasteiger partial charge >= 0.3 is 0 Å². The van der Waals surface area contributed by atoms with Crippen LogP contribution in [0, 0.1) is 0 Å². The lowest BCUT2D eigenvalue weighted by Gasteiger charge is -2.18. The minimum atomic E-state index is -0.873. The molecular weight excluding hydrogens is 500 g/mol. The third-order valence-electron chi connectivity index (χ3n) is 6.84. The maximum Gasteiger partial charge on any atom is 0.266 e. The van der Waals surface area contributed by atoms with E-state index >= 15 is 0 Å². The van der Waals surface area contributed by atoms with Crippen molar-refractivity contribution in [3.05, 3.63) is 131 Å². The van der Waals surface area contributed by atoms with Gasteiger partial charge in [-0.15, -0.1) is 0 Å². The number of anilines is 2. The molecule has 4 N–H and O–H groups in total. The van der Waals surface area contributed by atoms with E-state index in [0.717, 1.165) is 45.1 Å². The zero-order chi connectivity index (χ0) is 28.2. The predicted octanol–water partition coefficient (Wildman–Crippen LogP) is 3.57. The summed E-state index contributed by atoms with van der Waals surface area (Å²) in [6, 6.07) is 35.0. The van der Waals surface area contributed by atoms with Gasteiger partial charge in [-0.3, -0.25) is 19.6 Å². The minimum Gasteiger partial charge on any atom is -0.312 e. The zero-order valence-corrected chi connectivity index (χ0v) is 22.3. The summed E-state index contributed by atoms with van der Waals surface area (Å²) in [5.41, 5.74) is 18.7. The number of carbonyl (C=O) groups is 2. The zero-order valence-electron chi connectivity index (χ0n) is 22.3. The number of para-hydroxylation sites is 2. The van der Waals surface area contributed by atoms with Crippen LogP contribution in [0.3, 0.4) is 0 Å². The van der Waals surface area contributed by atoms with Crippen molar-refractivity contribution < 1.29 is 9.59 Å². The van der Waals surface area contributed by atoms with E-state index in [9.17, 15) is 9.59 Å². The molecule has 0 radical (unpaired) electrons. The van der Waals surface area contributed by atoms with Crippen molar-refractivity contribution in [1.29, 1.82) is 0 Å². The lowest BCUT2D eigenvalue weighted by Crippen LogP contribution is -2.39. The highest BCUT2D eigenvalue weighted by Crippen LogP contribution is 2.27. The molecule has 4 aromatic carbocycles. The molecular formula is C32H30N6O2. The van der Waals surface area contributed by atoms with Crippen LogP contribution in [-0.2, 0) is 9.59 Å². The van der Waals surface area contributed by atoms with E-state index in [1.54, 1.807) is 23.9 Å². The van der Waals surface area contributed by atoms with Crippen LogP contribution in [0.1, 0.15) is 22.3 Å². The van der Waals surface area contributed by atoms with Gasteiger partial charge in [-0.05, 0) is 12.1 Å². The van der Waals surface area contributed by atoms with Crippen molar-refractivity contribution in [1.82, 2.24) is 0 Å². The molecule has 2 atom stereocenters. The fraction of sp³-hybridized carbons (Fsp3) is 0.125. The molecule has 2 aliphatic rings. The van der Waals surface area contributed by atoms with Crippen LogP contribution in [0.4, 0.5) is 11.4 Å². The molecule has 200 valence electrons. The van der Waals surface area contributed by atoms with E-state index in [4.69, 9.17) is 11.5 Å². The van der Waals surface area contributed by atoms with E-state index in [-0.39, 0.29) is 11.8 Å². The summed E-state index contributed by atoms with van der Waals surface area (Å²) in [7, 11) is 3.45. The largest absolute Gasteiger partial charge is 0.312 e. The molecule has 6 rings (SSSR count). The SMILES string of the molecule is CN1C(=O)[C@@H](N)N=C(c2ccccc2)c2ccccc21.CN1C(=O)[C@H](N)N=C(c2ccccc2)c2ccccc21. The van der Waals surface area contributed by atoms with E-state index in [1.807, 2.05) is 109 Å². The van der Waals surface area contributed by atoms with Gasteiger partial charge in [0, 0.05) is 36.3 Å². The van der Waals surface area contributed by atoms with Gasteiger partial charge in [-0.25, -0.2) is 0 Å². The number of nitrogens with two attached hydrogens (primary N) is 2. The highest BCUT2D eigenvalue weighted by Gasteiger charge is 2.28. The second-order valence-electron chi connectivity index (χ2n) is 9.41. The van der Waals surface area contributed by atoms with Crippen molar-refractivity contribution >= 4 is 34.6 Å². The molecule has 2 aliphatic heterocycles. The molecule has 2 heterocycles. The summed E-state index contributed by atoms with van der Waals surface area (Å²) in [6.07, 6.45) is -1.75. The van der Waals surface area contributed by atoms with Gasteiger partial charge < -0.3 is 21.3 Å². The molecule has 0 saturated heterocycles. The highest BCUT2D eigenvalue weighted by molar-refractivity contribution is 6.20. The summed E-state index contributed by atoms with van der Waals surface area (Å²) < 4.78 is 0. The molecule has 8 nitrogen and oxygen atoms in total. The van der Waals surface area contributed by atoms with Crippen LogP contribution >= 0.6 is 0 Å². The number of benzodiazepines with no additional fused rings is 2. The number of hydrogen-bond acceptors (Lipinski definition) is 6. The maximum atomic E-state index is 12.2. The Hall–Kier alpha value is -4.92. The molecule has 0 unspecified atom stereocenters. The number of carbonyl (C=O) groups excluding carboxylic acids is 2. The average Bonchev–Trinajstić information content (AvgIpc) is 3.17. The van der Waals surface area contributed by atoms with E-state index in [0.29, 0.717) is 0 Å². The molecule has 0 aliphatic carbocycles. The molecule has 8 heteroatoms. The maximum absolute atomic E-state index is 12.2. The van der Waals surface area contributed by atoms with Crippen molar-refractivity contribution in [2.45, 2.75) is 12.3 Å². The number of amides is 2. The molecule has 0 bridgehead atoms. The van der Waals surface area contributed by atoms with Crippen LogP contribution < -0.4 is 21.3 Å². The summed E-state index contributed by atoms with van der Waals surface area (Å²) in [5.74, 6) is -0.410. The van der Waals surface area contributed by atoms with Gasteiger partial charge in [-0.2, -0.15) is 0 Å². The predicted molar refractivity (Wildman–Crippen MR) is 160 cm³/mol. The summed E-state index contributed by atoms with van der Waals surface area (Å²) in [6.45, 7) is 0. The molecule has 0 aromatic heterocycles. The van der Waals surface area contributed by atoms with Crippen LogP contribution in [-0.4, -0.2) is 49.7 Å². The van der Waals surface area contributed by atoms with Crippen molar-refractivity contribution in [2.24, 2.45) is 21.5 Å². The summed E-state index contributed by atoms with van der Waals surface area (Å²) in [4.78, 5) is 36.3. The third-order valence-corrected chi connectivity index (χ3v) is 6.84. The molecule has 40 heavy (non-hydrogen) atoms. The minimum absolute atomic E-state index is 0.205. The number of rotatable bonds is 2. The fourth-order valence-electron chi connectivity index (χ4n) is 4.75. The molecule has 4 aromatic rings. The van der Waals surface area contributed by atoms with Crippen LogP contribution in [0.5, 0.6) is 0 Å². The Morgan fingerprint density at radius 3 is 1.23 bits per heavy atom. The van der Waals surface area contributed by atoms with Gasteiger partial charge in [0.15, 0.2) is 12.3 Å². The van der Waals surface area contributed by atoms with Gasteiger partial charge in [0.2, 0.25) is 0 Å². The monoisotopic (exact) mass is 530 g/mol. The molecule has 0 fully saturated rings. The number of hydrogen-bond donors (Lipinski definition) is 2. The Morgan fingerprint density at radius 1 is 0.525 bits per heavy atom. The van der Waals surface area contributed by atoms with Crippen molar-refractivity contribution in [2.75, 3.05) is 23.9 Å². The fourth-order valence-corrected chi connectivity index (χ4v) is 4.75. The average molecular weight is 531 g/mol. The van der Waals surface area contributed by atoms with Crippen LogP contribution in [0.2, 0.25) is 0 Å². The molecule has 0 spiro atoms. The normalized spacial score (nSPS) is 18.3. The Kier molecular flexibility index (Phi) is 7.63. The lowest BCUT2D eigenvalue weighted by molar-refractivity contribution is -0.120. The number of nitrogens with zero attached hydrogens (tertiary/aromatic N) is 4. The van der Waals surface area contributed by atoms with Gasteiger partial charge in [0.25, 0.3) is 11.8 Å². The second kappa shape index (κ2) is 11.4. The Balaban J connectivity index is 0.000000161.